The zero-order valence-corrected chi connectivity index (χ0v) is 11.1. The largest absolute Gasteiger partial charge is 0.368 e. The summed E-state index contributed by atoms with van der Waals surface area (Å²) in [6, 6.07) is 12.4. The number of nitrogens with zero attached hydrogens (tertiary/aromatic N) is 2. The van der Waals surface area contributed by atoms with E-state index in [0.29, 0.717) is 5.39 Å². The molecule has 4 heteroatoms. The lowest BCUT2D eigenvalue weighted by Gasteiger charge is -2.09. The quantitative estimate of drug-likeness (QED) is 0.772. The Morgan fingerprint density at radius 3 is 2.55 bits per heavy atom. The summed E-state index contributed by atoms with van der Waals surface area (Å²) in [5.41, 5.74) is 8.22. The predicted molar refractivity (Wildman–Crippen MR) is 78.7 cm³/mol. The van der Waals surface area contributed by atoms with Crippen molar-refractivity contribution >= 4 is 16.7 Å². The normalized spacial score (nSPS) is 10.9. The standard InChI is InChI=1S/C16H14FN3/c1-2-10-9-15(20-16(18)19-10)13-7-8-14(17)12-6-4-3-5-11(12)13/h3-9H,2H2,1H3,(H2,18,19,20). The summed E-state index contributed by atoms with van der Waals surface area (Å²) in [6.07, 6.45) is 0.777. The molecule has 2 N–H and O–H groups in total. The van der Waals surface area contributed by atoms with E-state index in [1.54, 1.807) is 12.1 Å². The minimum atomic E-state index is -0.234. The molecule has 3 rings (SSSR count). The van der Waals surface area contributed by atoms with Crippen LogP contribution in [0, 0.1) is 5.82 Å². The van der Waals surface area contributed by atoms with Crippen LogP contribution in [0.2, 0.25) is 0 Å². The number of anilines is 1. The maximum atomic E-state index is 13.8. The number of rotatable bonds is 2. The van der Waals surface area contributed by atoms with Crippen LogP contribution >= 0.6 is 0 Å². The molecule has 0 aliphatic carbocycles. The van der Waals surface area contributed by atoms with Gasteiger partial charge < -0.3 is 5.73 Å². The predicted octanol–water partition coefficient (Wildman–Crippen LogP) is 3.58. The van der Waals surface area contributed by atoms with Crippen molar-refractivity contribution < 1.29 is 4.39 Å². The van der Waals surface area contributed by atoms with Crippen LogP contribution in [0.1, 0.15) is 12.6 Å². The Morgan fingerprint density at radius 1 is 1.05 bits per heavy atom. The van der Waals surface area contributed by atoms with Gasteiger partial charge >= 0.3 is 0 Å². The number of hydrogen-bond acceptors (Lipinski definition) is 3. The van der Waals surface area contributed by atoms with Crippen molar-refractivity contribution in [2.24, 2.45) is 0 Å². The topological polar surface area (TPSA) is 51.8 Å². The Bertz CT molecular complexity index is 784. The highest BCUT2D eigenvalue weighted by atomic mass is 19.1. The van der Waals surface area contributed by atoms with E-state index in [0.717, 1.165) is 28.8 Å². The van der Waals surface area contributed by atoms with Crippen LogP contribution < -0.4 is 5.73 Å². The van der Waals surface area contributed by atoms with Gasteiger partial charge in [0.25, 0.3) is 0 Å². The Balaban J connectivity index is 2.30. The van der Waals surface area contributed by atoms with Gasteiger partial charge in [-0.25, -0.2) is 14.4 Å². The highest BCUT2D eigenvalue weighted by molar-refractivity contribution is 5.96. The Morgan fingerprint density at radius 2 is 1.80 bits per heavy atom. The highest BCUT2D eigenvalue weighted by Gasteiger charge is 2.10. The number of nitrogens with two attached hydrogens (primary N) is 1. The van der Waals surface area contributed by atoms with E-state index < -0.39 is 0 Å². The fourth-order valence-electron chi connectivity index (χ4n) is 2.32. The lowest BCUT2D eigenvalue weighted by molar-refractivity contribution is 0.640. The summed E-state index contributed by atoms with van der Waals surface area (Å²) in [6.45, 7) is 2.01. The van der Waals surface area contributed by atoms with Gasteiger partial charge in [-0.2, -0.15) is 0 Å². The second-order valence-corrected chi connectivity index (χ2v) is 4.60. The van der Waals surface area contributed by atoms with E-state index in [1.807, 2.05) is 31.2 Å². The molecule has 1 heterocycles. The Labute approximate surface area is 116 Å². The first-order valence-corrected chi connectivity index (χ1v) is 6.50. The summed E-state index contributed by atoms with van der Waals surface area (Å²) < 4.78 is 13.8. The minimum absolute atomic E-state index is 0.234. The zero-order chi connectivity index (χ0) is 14.1. The molecule has 0 aliphatic rings. The maximum Gasteiger partial charge on any atom is 0.220 e. The van der Waals surface area contributed by atoms with Crippen LogP contribution in [-0.4, -0.2) is 9.97 Å². The number of aryl methyl sites for hydroxylation is 1. The molecule has 3 aromatic rings. The third kappa shape index (κ3) is 2.09. The lowest BCUT2D eigenvalue weighted by Crippen LogP contribution is -2.00. The molecule has 0 fully saturated rings. The SMILES string of the molecule is CCc1cc(-c2ccc(F)c3ccccc23)nc(N)n1. The van der Waals surface area contributed by atoms with E-state index in [4.69, 9.17) is 5.73 Å². The van der Waals surface area contributed by atoms with Crippen molar-refractivity contribution in [2.75, 3.05) is 5.73 Å². The average molecular weight is 267 g/mol. The van der Waals surface area contributed by atoms with Crippen LogP contribution in [-0.2, 0) is 6.42 Å². The second kappa shape index (κ2) is 4.89. The molecule has 0 radical (unpaired) electrons. The Hall–Kier alpha value is -2.49. The summed E-state index contributed by atoms with van der Waals surface area (Å²) in [7, 11) is 0. The van der Waals surface area contributed by atoms with Crippen molar-refractivity contribution in [3.05, 3.63) is 54.0 Å². The summed E-state index contributed by atoms with van der Waals surface area (Å²) in [4.78, 5) is 8.44. The van der Waals surface area contributed by atoms with Gasteiger partial charge in [0.05, 0.1) is 5.69 Å². The average Bonchev–Trinajstić information content (AvgIpc) is 2.47. The van der Waals surface area contributed by atoms with Crippen molar-refractivity contribution in [3.8, 4) is 11.3 Å². The molecule has 0 unspecified atom stereocenters. The summed E-state index contributed by atoms with van der Waals surface area (Å²) in [5.74, 6) is 0.00912. The van der Waals surface area contributed by atoms with Gasteiger partial charge in [0, 0.05) is 16.6 Å². The van der Waals surface area contributed by atoms with Crippen LogP contribution in [0.15, 0.2) is 42.5 Å². The molecule has 0 saturated heterocycles. The first-order valence-electron chi connectivity index (χ1n) is 6.50. The molecular weight excluding hydrogens is 253 g/mol. The number of aromatic nitrogens is 2. The van der Waals surface area contributed by atoms with Crippen molar-refractivity contribution in [2.45, 2.75) is 13.3 Å². The van der Waals surface area contributed by atoms with Gasteiger partial charge in [0.2, 0.25) is 5.95 Å². The van der Waals surface area contributed by atoms with Crippen LogP contribution in [0.4, 0.5) is 10.3 Å². The minimum Gasteiger partial charge on any atom is -0.368 e. The van der Waals surface area contributed by atoms with Crippen LogP contribution in [0.25, 0.3) is 22.0 Å². The van der Waals surface area contributed by atoms with Gasteiger partial charge in [-0.05, 0) is 30.0 Å². The van der Waals surface area contributed by atoms with E-state index in [2.05, 4.69) is 9.97 Å². The fraction of sp³-hybridized carbons (Fsp3) is 0.125. The molecule has 0 atom stereocenters. The molecule has 100 valence electrons. The lowest BCUT2D eigenvalue weighted by atomic mass is 10.0. The maximum absolute atomic E-state index is 13.8. The molecule has 20 heavy (non-hydrogen) atoms. The first-order chi connectivity index (χ1) is 9.69. The Kier molecular flexibility index (Phi) is 3.06. The van der Waals surface area contributed by atoms with Gasteiger partial charge in [0.1, 0.15) is 5.82 Å². The van der Waals surface area contributed by atoms with Crippen molar-refractivity contribution in [1.29, 1.82) is 0 Å². The second-order valence-electron chi connectivity index (χ2n) is 4.60. The molecule has 0 saturated carbocycles. The zero-order valence-electron chi connectivity index (χ0n) is 11.1. The van der Waals surface area contributed by atoms with Gasteiger partial charge in [-0.1, -0.05) is 31.2 Å². The van der Waals surface area contributed by atoms with E-state index in [-0.39, 0.29) is 11.8 Å². The van der Waals surface area contributed by atoms with Gasteiger partial charge in [0.15, 0.2) is 0 Å². The van der Waals surface area contributed by atoms with E-state index >= 15 is 0 Å². The number of halogens is 1. The number of nitrogen functional groups attached to an aromatic ring is 1. The fourth-order valence-corrected chi connectivity index (χ4v) is 2.32. The third-order valence-electron chi connectivity index (χ3n) is 3.31. The summed E-state index contributed by atoms with van der Waals surface area (Å²) in [5, 5.41) is 1.41. The molecule has 2 aromatic carbocycles. The number of fused-ring (bicyclic) bond motifs is 1. The molecule has 0 aliphatic heterocycles. The highest BCUT2D eigenvalue weighted by Crippen LogP contribution is 2.29. The van der Waals surface area contributed by atoms with Crippen LogP contribution in [0.5, 0.6) is 0 Å². The first kappa shape index (κ1) is 12.5. The smallest absolute Gasteiger partial charge is 0.220 e. The van der Waals surface area contributed by atoms with Gasteiger partial charge in [-0.15, -0.1) is 0 Å². The number of benzene rings is 2. The van der Waals surface area contributed by atoms with Gasteiger partial charge in [-0.3, -0.25) is 0 Å². The summed E-state index contributed by atoms with van der Waals surface area (Å²) >= 11 is 0. The monoisotopic (exact) mass is 267 g/mol. The third-order valence-corrected chi connectivity index (χ3v) is 3.31. The van der Waals surface area contributed by atoms with E-state index in [9.17, 15) is 4.39 Å². The number of hydrogen-bond donors (Lipinski definition) is 1. The molecule has 0 bridgehead atoms. The molecule has 0 amide bonds. The van der Waals surface area contributed by atoms with Crippen LogP contribution in [0.3, 0.4) is 0 Å². The van der Waals surface area contributed by atoms with E-state index in [1.165, 1.54) is 6.07 Å². The van der Waals surface area contributed by atoms with Crippen molar-refractivity contribution in [1.82, 2.24) is 9.97 Å². The molecular formula is C16H14FN3. The molecule has 0 spiro atoms. The van der Waals surface area contributed by atoms with Crippen molar-refractivity contribution in [3.63, 3.8) is 0 Å². The molecule has 3 nitrogen and oxygen atoms in total. The molecule has 1 aromatic heterocycles.